The van der Waals surface area contributed by atoms with Crippen LogP contribution in [-0.4, -0.2) is 62.7 Å². The number of halogens is 1. The highest BCUT2D eigenvalue weighted by molar-refractivity contribution is 5.88. The minimum absolute atomic E-state index is 0.0602. The van der Waals surface area contributed by atoms with Crippen LogP contribution in [0.1, 0.15) is 62.5 Å². The SMILES string of the molecule is CC(=O)O[C@H]1[C@H](n2ccc(=O)n(COC(=O)c3cccnc3)c2=O)O[C@](F)(COC(=O)C2CCCCC2)[C@H]1OC(C)=O. The van der Waals surface area contributed by atoms with Crippen LogP contribution in [0.2, 0.25) is 0 Å². The number of rotatable bonds is 9. The highest BCUT2D eigenvalue weighted by Gasteiger charge is 2.62. The fourth-order valence-electron chi connectivity index (χ4n) is 4.87. The van der Waals surface area contributed by atoms with Gasteiger partial charge in [-0.15, -0.1) is 0 Å². The Morgan fingerprint density at radius 3 is 2.40 bits per heavy atom. The lowest BCUT2D eigenvalue weighted by atomic mass is 9.89. The van der Waals surface area contributed by atoms with Gasteiger partial charge in [-0.1, -0.05) is 19.3 Å². The molecular weight excluding hydrogens is 561 g/mol. The average molecular weight is 592 g/mol. The van der Waals surface area contributed by atoms with Crippen LogP contribution < -0.4 is 11.2 Å². The number of hydrogen-bond donors (Lipinski definition) is 0. The van der Waals surface area contributed by atoms with Gasteiger partial charge in [-0.3, -0.25) is 28.7 Å². The Bertz CT molecular complexity index is 1440. The van der Waals surface area contributed by atoms with Crippen LogP contribution in [-0.2, 0) is 44.8 Å². The molecule has 14 nitrogen and oxygen atoms in total. The van der Waals surface area contributed by atoms with Gasteiger partial charge in [0.2, 0.25) is 6.10 Å². The van der Waals surface area contributed by atoms with E-state index in [1.165, 1.54) is 24.5 Å². The molecule has 1 saturated carbocycles. The molecule has 0 N–H and O–H groups in total. The minimum Gasteiger partial charge on any atom is -0.459 e. The molecule has 2 aromatic heterocycles. The second kappa shape index (κ2) is 13.1. The molecule has 226 valence electrons. The van der Waals surface area contributed by atoms with E-state index in [4.69, 9.17) is 23.7 Å². The summed E-state index contributed by atoms with van der Waals surface area (Å²) in [4.78, 5) is 78.5. The standard InChI is InChI=1S/C27H30FN3O11/c1-16(32)40-21-22(41-17(2)33)27(28,14-38-24(35)18-7-4-3-5-8-18)42-23(21)30-12-10-20(34)31(26(30)37)15-39-25(36)19-9-6-11-29-13-19/h6,9-13,18,21-23H,3-5,7-8,14-15H2,1-2H3/t21-,22+,23-,27-/m1/s1. The van der Waals surface area contributed by atoms with Gasteiger partial charge in [-0.2, -0.15) is 0 Å². The first-order valence-electron chi connectivity index (χ1n) is 13.3. The van der Waals surface area contributed by atoms with Crippen molar-refractivity contribution in [1.82, 2.24) is 14.1 Å². The maximum absolute atomic E-state index is 16.4. The zero-order chi connectivity index (χ0) is 30.4. The van der Waals surface area contributed by atoms with Gasteiger partial charge < -0.3 is 23.7 Å². The van der Waals surface area contributed by atoms with Crippen molar-refractivity contribution in [3.8, 4) is 0 Å². The van der Waals surface area contributed by atoms with Gasteiger partial charge in [0.05, 0.1) is 11.5 Å². The monoisotopic (exact) mass is 591 g/mol. The van der Waals surface area contributed by atoms with Crippen molar-refractivity contribution in [2.45, 2.75) is 77.0 Å². The highest BCUT2D eigenvalue weighted by atomic mass is 19.2. The smallest absolute Gasteiger partial charge is 0.341 e. The largest absolute Gasteiger partial charge is 0.459 e. The van der Waals surface area contributed by atoms with Crippen molar-refractivity contribution < 1.29 is 47.3 Å². The lowest BCUT2D eigenvalue weighted by Crippen LogP contribution is -2.48. The molecular formula is C27H30FN3O11. The first-order chi connectivity index (χ1) is 20.0. The van der Waals surface area contributed by atoms with Crippen molar-refractivity contribution in [2.24, 2.45) is 5.92 Å². The minimum atomic E-state index is -3.05. The molecule has 3 heterocycles. The number of pyridine rings is 1. The van der Waals surface area contributed by atoms with Crippen LogP contribution in [0.3, 0.4) is 0 Å². The van der Waals surface area contributed by atoms with Crippen molar-refractivity contribution >= 4 is 23.9 Å². The van der Waals surface area contributed by atoms with Crippen LogP contribution >= 0.6 is 0 Å². The van der Waals surface area contributed by atoms with Crippen molar-refractivity contribution in [1.29, 1.82) is 0 Å². The molecule has 1 saturated heterocycles. The molecule has 42 heavy (non-hydrogen) atoms. The lowest BCUT2D eigenvalue weighted by molar-refractivity contribution is -0.225. The molecule has 15 heteroatoms. The maximum atomic E-state index is 16.4. The molecule has 0 bridgehead atoms. The quantitative estimate of drug-likeness (QED) is 0.304. The van der Waals surface area contributed by atoms with E-state index in [9.17, 15) is 28.8 Å². The molecule has 2 aromatic rings. The molecule has 2 fully saturated rings. The number of carbonyl (C=O) groups is 4. The van der Waals surface area contributed by atoms with E-state index in [1.54, 1.807) is 0 Å². The molecule has 0 unspecified atom stereocenters. The molecule has 4 rings (SSSR count). The van der Waals surface area contributed by atoms with Gasteiger partial charge in [0.15, 0.2) is 25.7 Å². The fraction of sp³-hybridized carbons (Fsp3) is 0.519. The van der Waals surface area contributed by atoms with E-state index in [-0.39, 0.29) is 5.56 Å². The summed E-state index contributed by atoms with van der Waals surface area (Å²) in [5, 5.41) is 0. The maximum Gasteiger partial charge on any atom is 0.341 e. The zero-order valence-electron chi connectivity index (χ0n) is 22.9. The number of aromatic nitrogens is 3. The Hall–Kier alpha value is -4.40. The normalized spacial score (nSPS) is 24.0. The number of alkyl halides is 1. The molecule has 1 aliphatic heterocycles. The van der Waals surface area contributed by atoms with Crippen LogP contribution in [0.4, 0.5) is 4.39 Å². The fourth-order valence-corrected chi connectivity index (χ4v) is 4.87. The van der Waals surface area contributed by atoms with Crippen molar-refractivity contribution in [3.63, 3.8) is 0 Å². The molecule has 0 amide bonds. The summed E-state index contributed by atoms with van der Waals surface area (Å²) in [5.41, 5.74) is -1.94. The number of hydrogen-bond acceptors (Lipinski definition) is 12. The van der Waals surface area contributed by atoms with Gasteiger partial charge in [0.1, 0.15) is 0 Å². The molecule has 0 radical (unpaired) electrons. The third-order valence-electron chi connectivity index (χ3n) is 6.86. The Morgan fingerprint density at radius 1 is 1.05 bits per heavy atom. The summed E-state index contributed by atoms with van der Waals surface area (Å²) in [5.74, 6) is -6.92. The van der Waals surface area contributed by atoms with E-state index >= 15 is 4.39 Å². The second-order valence-corrected chi connectivity index (χ2v) is 9.92. The third kappa shape index (κ3) is 6.90. The molecule has 0 spiro atoms. The van der Waals surface area contributed by atoms with E-state index in [1.807, 2.05) is 0 Å². The van der Waals surface area contributed by atoms with Crippen molar-refractivity contribution in [3.05, 3.63) is 63.2 Å². The predicted molar refractivity (Wildman–Crippen MR) is 137 cm³/mol. The van der Waals surface area contributed by atoms with Crippen LogP contribution in [0.15, 0.2) is 46.4 Å². The van der Waals surface area contributed by atoms with E-state index in [0.717, 1.165) is 45.4 Å². The second-order valence-electron chi connectivity index (χ2n) is 9.92. The summed E-state index contributed by atoms with van der Waals surface area (Å²) in [6.07, 6.45) is 1.89. The van der Waals surface area contributed by atoms with Crippen LogP contribution in [0.5, 0.6) is 0 Å². The first-order valence-corrected chi connectivity index (χ1v) is 13.3. The molecule has 2 aliphatic rings. The number of nitrogens with zero attached hydrogens (tertiary/aromatic N) is 3. The van der Waals surface area contributed by atoms with Gasteiger partial charge in [0.25, 0.3) is 11.4 Å². The Balaban J connectivity index is 1.63. The Morgan fingerprint density at radius 2 is 1.76 bits per heavy atom. The third-order valence-corrected chi connectivity index (χ3v) is 6.86. The summed E-state index contributed by atoms with van der Waals surface area (Å²) < 4.78 is 43.8. The summed E-state index contributed by atoms with van der Waals surface area (Å²) in [6.45, 7) is 0.121. The van der Waals surface area contributed by atoms with Crippen LogP contribution in [0.25, 0.3) is 0 Å². The lowest BCUT2D eigenvalue weighted by Gasteiger charge is -2.27. The average Bonchev–Trinajstić information content (AvgIpc) is 3.22. The summed E-state index contributed by atoms with van der Waals surface area (Å²) >= 11 is 0. The van der Waals surface area contributed by atoms with Gasteiger partial charge >= 0.3 is 29.6 Å². The van der Waals surface area contributed by atoms with E-state index < -0.39 is 78.7 Å². The molecule has 0 aromatic carbocycles. The topological polar surface area (TPSA) is 171 Å². The van der Waals surface area contributed by atoms with E-state index in [2.05, 4.69) is 4.98 Å². The van der Waals surface area contributed by atoms with Gasteiger partial charge in [0, 0.05) is 38.5 Å². The summed E-state index contributed by atoms with van der Waals surface area (Å²) in [6, 6.07) is 3.81. The highest BCUT2D eigenvalue weighted by Crippen LogP contribution is 2.42. The zero-order valence-corrected chi connectivity index (χ0v) is 22.9. The number of ether oxygens (including phenoxy) is 5. The van der Waals surface area contributed by atoms with Gasteiger partial charge in [-0.05, 0) is 25.0 Å². The molecule has 4 atom stereocenters. The van der Waals surface area contributed by atoms with Gasteiger partial charge in [-0.25, -0.2) is 18.5 Å². The summed E-state index contributed by atoms with van der Waals surface area (Å²) in [7, 11) is 0. The van der Waals surface area contributed by atoms with E-state index in [0.29, 0.717) is 22.0 Å². The van der Waals surface area contributed by atoms with Crippen molar-refractivity contribution in [2.75, 3.05) is 6.61 Å². The number of carbonyl (C=O) groups excluding carboxylic acids is 4. The first kappa shape index (κ1) is 30.6. The Labute approximate surface area is 238 Å². The Kier molecular flexibility index (Phi) is 9.50. The predicted octanol–water partition coefficient (Wildman–Crippen LogP) is 1.40. The number of esters is 4. The molecule has 1 aliphatic carbocycles. The van der Waals surface area contributed by atoms with Crippen LogP contribution in [0, 0.1) is 5.92 Å².